The number of aliphatic hydroxyl groups is 1. The molecular formula is C11H17BrN2O. The lowest BCUT2D eigenvalue weighted by Crippen LogP contribution is -2.16. The minimum Gasteiger partial charge on any atom is -0.396 e. The van der Waals surface area contributed by atoms with Crippen molar-refractivity contribution in [2.45, 2.75) is 32.7 Å². The first-order valence-electron chi connectivity index (χ1n) is 5.13. The normalized spacial score (nSPS) is 12.5. The maximum absolute atomic E-state index is 8.72. The van der Waals surface area contributed by atoms with Gasteiger partial charge in [0.15, 0.2) is 0 Å². The number of aliphatic hydroxyl groups excluding tert-OH is 1. The van der Waals surface area contributed by atoms with Crippen molar-refractivity contribution in [2.75, 3.05) is 11.9 Å². The van der Waals surface area contributed by atoms with Crippen LogP contribution in [0.5, 0.6) is 0 Å². The van der Waals surface area contributed by atoms with Gasteiger partial charge in [-0.25, -0.2) is 4.98 Å². The molecule has 0 amide bonds. The Kier molecular flexibility index (Phi) is 5.05. The number of hydrogen-bond acceptors (Lipinski definition) is 3. The summed E-state index contributed by atoms with van der Waals surface area (Å²) in [4.78, 5) is 4.31. The molecule has 0 aliphatic carbocycles. The molecule has 1 aromatic rings. The fourth-order valence-electron chi connectivity index (χ4n) is 1.34. The zero-order valence-electron chi connectivity index (χ0n) is 9.13. The first-order chi connectivity index (χ1) is 7.13. The summed E-state index contributed by atoms with van der Waals surface area (Å²) in [5.74, 6) is 0.867. The van der Waals surface area contributed by atoms with E-state index in [0.717, 1.165) is 28.7 Å². The van der Waals surface area contributed by atoms with Crippen molar-refractivity contribution in [3.63, 3.8) is 0 Å². The van der Waals surface area contributed by atoms with Gasteiger partial charge in [-0.1, -0.05) is 0 Å². The average Bonchev–Trinajstić information content (AvgIpc) is 2.19. The molecule has 0 aliphatic heterocycles. The molecule has 2 N–H and O–H groups in total. The minimum atomic E-state index is 0.245. The second-order valence-electron chi connectivity index (χ2n) is 3.75. The molecule has 0 saturated carbocycles. The van der Waals surface area contributed by atoms with Crippen molar-refractivity contribution >= 4 is 21.7 Å². The second-order valence-corrected chi connectivity index (χ2v) is 4.61. The van der Waals surface area contributed by atoms with Crippen LogP contribution in [0.3, 0.4) is 0 Å². The number of aryl methyl sites for hydroxylation is 1. The fourth-order valence-corrected chi connectivity index (χ4v) is 1.92. The molecule has 84 valence electrons. The molecule has 1 heterocycles. The highest BCUT2D eigenvalue weighted by Gasteiger charge is 2.05. The Morgan fingerprint density at radius 2 is 2.33 bits per heavy atom. The molecule has 1 atom stereocenters. The molecule has 0 radical (unpaired) electrons. The highest BCUT2D eigenvalue weighted by atomic mass is 79.9. The third-order valence-corrected chi connectivity index (χ3v) is 2.76. The predicted octanol–water partition coefficient (Wildman–Crippen LogP) is 2.73. The first-order valence-corrected chi connectivity index (χ1v) is 5.92. The van der Waals surface area contributed by atoms with E-state index in [4.69, 9.17) is 5.11 Å². The van der Waals surface area contributed by atoms with E-state index in [-0.39, 0.29) is 6.61 Å². The second kappa shape index (κ2) is 6.08. The van der Waals surface area contributed by atoms with Gasteiger partial charge in [-0.05, 0) is 54.2 Å². The summed E-state index contributed by atoms with van der Waals surface area (Å²) in [6, 6.07) is 2.36. The molecule has 1 rings (SSSR count). The molecule has 0 aromatic carbocycles. The molecule has 1 unspecified atom stereocenters. The quantitative estimate of drug-likeness (QED) is 0.867. The summed E-state index contributed by atoms with van der Waals surface area (Å²) in [6.07, 6.45) is 3.60. The van der Waals surface area contributed by atoms with Gasteiger partial charge >= 0.3 is 0 Å². The van der Waals surface area contributed by atoms with Crippen LogP contribution < -0.4 is 5.32 Å². The summed E-state index contributed by atoms with van der Waals surface area (Å²) >= 11 is 3.47. The highest BCUT2D eigenvalue weighted by Crippen LogP contribution is 2.21. The zero-order valence-corrected chi connectivity index (χ0v) is 10.7. The van der Waals surface area contributed by atoms with Crippen molar-refractivity contribution in [3.05, 3.63) is 22.3 Å². The summed E-state index contributed by atoms with van der Waals surface area (Å²) in [6.45, 7) is 4.34. The van der Waals surface area contributed by atoms with Gasteiger partial charge in [-0.3, -0.25) is 0 Å². The monoisotopic (exact) mass is 272 g/mol. The number of rotatable bonds is 5. The van der Waals surface area contributed by atoms with Crippen LogP contribution in [0.15, 0.2) is 16.7 Å². The Morgan fingerprint density at radius 3 is 2.93 bits per heavy atom. The van der Waals surface area contributed by atoms with Crippen molar-refractivity contribution in [1.82, 2.24) is 4.98 Å². The Bertz CT molecular complexity index is 317. The molecule has 0 spiro atoms. The standard InChI is InChI=1S/C11H17BrN2O/c1-8-6-10(12)11(13-7-8)14-9(2)4-3-5-15/h6-7,9,15H,3-5H2,1-2H3,(H,13,14). The molecule has 0 saturated heterocycles. The van der Waals surface area contributed by atoms with E-state index in [0.29, 0.717) is 6.04 Å². The summed E-state index contributed by atoms with van der Waals surface area (Å²) in [5.41, 5.74) is 1.13. The van der Waals surface area contributed by atoms with Crippen LogP contribution in [-0.2, 0) is 0 Å². The smallest absolute Gasteiger partial charge is 0.140 e. The van der Waals surface area contributed by atoms with E-state index in [2.05, 4.69) is 33.2 Å². The van der Waals surface area contributed by atoms with Crippen LogP contribution in [0.1, 0.15) is 25.3 Å². The zero-order chi connectivity index (χ0) is 11.3. The SMILES string of the molecule is Cc1cnc(NC(C)CCCO)c(Br)c1. The molecular weight excluding hydrogens is 256 g/mol. The number of nitrogens with zero attached hydrogens (tertiary/aromatic N) is 1. The van der Waals surface area contributed by atoms with E-state index in [1.165, 1.54) is 0 Å². The van der Waals surface area contributed by atoms with Crippen LogP contribution in [0.2, 0.25) is 0 Å². The number of anilines is 1. The van der Waals surface area contributed by atoms with Crippen molar-refractivity contribution in [3.8, 4) is 0 Å². The summed E-state index contributed by atoms with van der Waals surface area (Å²) < 4.78 is 0.985. The Morgan fingerprint density at radius 1 is 1.60 bits per heavy atom. The van der Waals surface area contributed by atoms with Gasteiger partial charge in [0.2, 0.25) is 0 Å². The Balaban J connectivity index is 2.56. The van der Waals surface area contributed by atoms with E-state index in [9.17, 15) is 0 Å². The van der Waals surface area contributed by atoms with Gasteiger partial charge in [0.05, 0.1) is 4.47 Å². The fraction of sp³-hybridized carbons (Fsp3) is 0.545. The molecule has 3 nitrogen and oxygen atoms in total. The minimum absolute atomic E-state index is 0.245. The van der Waals surface area contributed by atoms with Gasteiger partial charge in [-0.2, -0.15) is 0 Å². The third kappa shape index (κ3) is 4.18. The molecule has 0 fully saturated rings. The summed E-state index contributed by atoms with van der Waals surface area (Å²) in [5, 5.41) is 12.0. The number of nitrogens with one attached hydrogen (secondary N) is 1. The number of halogens is 1. The third-order valence-electron chi connectivity index (χ3n) is 2.16. The van der Waals surface area contributed by atoms with E-state index >= 15 is 0 Å². The van der Waals surface area contributed by atoms with E-state index in [1.54, 1.807) is 0 Å². The largest absolute Gasteiger partial charge is 0.396 e. The van der Waals surface area contributed by atoms with Crippen molar-refractivity contribution in [2.24, 2.45) is 0 Å². The van der Waals surface area contributed by atoms with Gasteiger partial charge in [0, 0.05) is 18.8 Å². The molecule has 0 bridgehead atoms. The Hall–Kier alpha value is -0.610. The number of pyridine rings is 1. The molecule has 15 heavy (non-hydrogen) atoms. The van der Waals surface area contributed by atoms with E-state index in [1.807, 2.05) is 19.2 Å². The van der Waals surface area contributed by atoms with E-state index < -0.39 is 0 Å². The molecule has 1 aromatic heterocycles. The number of hydrogen-bond donors (Lipinski definition) is 2. The van der Waals surface area contributed by atoms with Gasteiger partial charge in [0.25, 0.3) is 0 Å². The van der Waals surface area contributed by atoms with Crippen molar-refractivity contribution < 1.29 is 5.11 Å². The first kappa shape index (κ1) is 12.5. The molecule has 0 aliphatic rings. The topological polar surface area (TPSA) is 45.2 Å². The van der Waals surface area contributed by atoms with Crippen LogP contribution in [-0.4, -0.2) is 22.7 Å². The lowest BCUT2D eigenvalue weighted by atomic mass is 10.2. The van der Waals surface area contributed by atoms with Crippen LogP contribution >= 0.6 is 15.9 Å². The molecule has 4 heteroatoms. The van der Waals surface area contributed by atoms with Gasteiger partial charge < -0.3 is 10.4 Å². The van der Waals surface area contributed by atoms with Gasteiger partial charge in [-0.15, -0.1) is 0 Å². The maximum atomic E-state index is 8.72. The van der Waals surface area contributed by atoms with Crippen LogP contribution in [0.25, 0.3) is 0 Å². The lowest BCUT2D eigenvalue weighted by molar-refractivity contribution is 0.282. The highest BCUT2D eigenvalue weighted by molar-refractivity contribution is 9.10. The lowest BCUT2D eigenvalue weighted by Gasteiger charge is -2.15. The van der Waals surface area contributed by atoms with Crippen molar-refractivity contribution in [1.29, 1.82) is 0 Å². The summed E-state index contributed by atoms with van der Waals surface area (Å²) in [7, 11) is 0. The number of aromatic nitrogens is 1. The van der Waals surface area contributed by atoms with Crippen LogP contribution in [0, 0.1) is 6.92 Å². The van der Waals surface area contributed by atoms with Crippen LogP contribution in [0.4, 0.5) is 5.82 Å². The maximum Gasteiger partial charge on any atom is 0.140 e. The van der Waals surface area contributed by atoms with Gasteiger partial charge in [0.1, 0.15) is 5.82 Å². The Labute approximate surface area is 99.1 Å². The average molecular weight is 273 g/mol. The predicted molar refractivity (Wildman–Crippen MR) is 66.1 cm³/mol.